The van der Waals surface area contributed by atoms with Gasteiger partial charge in [-0.2, -0.15) is 52.6 Å². The fourth-order valence-corrected chi connectivity index (χ4v) is 5.91. The van der Waals surface area contributed by atoms with Gasteiger partial charge >= 0.3 is 0 Å². The average Bonchev–Trinajstić information content (AvgIpc) is 3.63. The lowest BCUT2D eigenvalue weighted by Crippen LogP contribution is -2.05. The van der Waals surface area contributed by atoms with Gasteiger partial charge in [-0.25, -0.2) is 17.6 Å². The van der Waals surface area contributed by atoms with Crippen molar-refractivity contribution in [2.45, 2.75) is 0 Å². The Morgan fingerprint density at radius 1 is 0.400 bits per heavy atom. The Morgan fingerprint density at radius 2 is 0.740 bits per heavy atom. The molecule has 226 valence electrons. The Kier molecular flexibility index (Phi) is 7.97. The van der Waals surface area contributed by atoms with Gasteiger partial charge in [-0.1, -0.05) is 0 Å². The summed E-state index contributed by atoms with van der Waals surface area (Å²) in [6.07, 6.45) is 0. The first-order valence-corrected chi connectivity index (χ1v) is 13.3. The van der Waals surface area contributed by atoms with Gasteiger partial charge in [-0.05, 0) is 24.3 Å². The maximum absolute atomic E-state index is 15.6. The number of fused-ring (bicyclic) bond motifs is 2. The van der Waals surface area contributed by atoms with Crippen molar-refractivity contribution < 1.29 is 17.6 Å². The zero-order chi connectivity index (χ0) is 36.6. The van der Waals surface area contributed by atoms with Gasteiger partial charge < -0.3 is 0 Å². The fraction of sp³-hybridized carbons (Fsp3) is 0. The number of nitriles is 10. The summed E-state index contributed by atoms with van der Waals surface area (Å²) in [6.45, 7) is 0. The standard InChI is InChI=1S/C36H4F4N10/c37-25-3-19(27(39)1-15(25)5-41)31-21(11-47)33-23(13-49)34-22(12-48)32(20-4-26(38)16(6-42)2-28(20)40)30(18(9-45)10-46)36(34)24(14-50)35(33)29(31)17(7-43)8-44/h1-4H. The highest BCUT2D eigenvalue weighted by molar-refractivity contribution is 6.32. The number of halogens is 4. The highest BCUT2D eigenvalue weighted by Gasteiger charge is 2.44. The topological polar surface area (TPSA) is 238 Å². The van der Waals surface area contributed by atoms with Crippen LogP contribution in [0.1, 0.15) is 55.6 Å². The summed E-state index contributed by atoms with van der Waals surface area (Å²) in [4.78, 5) is 0. The molecule has 0 amide bonds. The molecule has 0 saturated heterocycles. The Morgan fingerprint density at radius 3 is 1.02 bits per heavy atom. The molecule has 3 aromatic rings. The van der Waals surface area contributed by atoms with E-state index in [9.17, 15) is 61.4 Å². The molecule has 3 aromatic carbocycles. The second kappa shape index (κ2) is 12.2. The van der Waals surface area contributed by atoms with Gasteiger partial charge in [-0.15, -0.1) is 0 Å². The van der Waals surface area contributed by atoms with Crippen molar-refractivity contribution in [2.75, 3.05) is 0 Å². The van der Waals surface area contributed by atoms with E-state index in [0.29, 0.717) is 24.3 Å². The third-order valence-corrected chi connectivity index (χ3v) is 7.79. The summed E-state index contributed by atoms with van der Waals surface area (Å²) < 4.78 is 61.0. The van der Waals surface area contributed by atoms with Gasteiger partial charge in [0.1, 0.15) is 95.1 Å². The van der Waals surface area contributed by atoms with Crippen LogP contribution in [0.3, 0.4) is 0 Å². The van der Waals surface area contributed by atoms with Gasteiger partial charge in [0.15, 0.2) is 0 Å². The first kappa shape index (κ1) is 32.6. The highest BCUT2D eigenvalue weighted by Crippen LogP contribution is 2.58. The number of nitrogens with zero attached hydrogens (tertiary/aromatic N) is 10. The molecule has 0 spiro atoms. The van der Waals surface area contributed by atoms with Crippen LogP contribution in [0.25, 0.3) is 33.4 Å². The first-order chi connectivity index (χ1) is 24.1. The minimum Gasteiger partial charge on any atom is -0.206 e. The average molecular weight is 652 g/mol. The summed E-state index contributed by atoms with van der Waals surface area (Å²) in [5, 5.41) is 100. The van der Waals surface area contributed by atoms with Crippen molar-refractivity contribution in [1.82, 2.24) is 0 Å². The molecule has 0 fully saturated rings. The SMILES string of the molecule is N#CC(C#N)=C1C(c2cc(F)c(C#N)cc2F)=C(C#N)c2c(C#N)c3c(c(C#N)c21)C(=C(C#N)C#N)C(c1cc(F)c(C#N)cc1F)=C3C#N. The zero-order valence-corrected chi connectivity index (χ0v) is 24.3. The first-order valence-electron chi connectivity index (χ1n) is 13.3. The summed E-state index contributed by atoms with van der Waals surface area (Å²) in [5.41, 5.74) is -12.3. The van der Waals surface area contributed by atoms with Crippen LogP contribution in [-0.2, 0) is 0 Å². The predicted molar refractivity (Wildman–Crippen MR) is 159 cm³/mol. The molecule has 0 bridgehead atoms. The lowest BCUT2D eigenvalue weighted by atomic mass is 9.82. The number of hydrogen-bond acceptors (Lipinski definition) is 10. The van der Waals surface area contributed by atoms with E-state index in [1.807, 2.05) is 0 Å². The van der Waals surface area contributed by atoms with Gasteiger partial charge in [-0.3, -0.25) is 0 Å². The molecule has 0 unspecified atom stereocenters. The monoisotopic (exact) mass is 652 g/mol. The van der Waals surface area contributed by atoms with Crippen LogP contribution in [0.5, 0.6) is 0 Å². The Bertz CT molecular complexity index is 2590. The summed E-state index contributed by atoms with van der Waals surface area (Å²) in [7, 11) is 0. The molecular formula is C36H4F4N10. The van der Waals surface area contributed by atoms with Crippen molar-refractivity contribution in [2.24, 2.45) is 0 Å². The van der Waals surface area contributed by atoms with E-state index in [1.165, 1.54) is 12.1 Å². The smallest absolute Gasteiger partial charge is 0.141 e. The third-order valence-electron chi connectivity index (χ3n) is 7.79. The second-order valence-electron chi connectivity index (χ2n) is 9.99. The Balaban J connectivity index is 2.14. The molecule has 10 nitrogen and oxygen atoms in total. The van der Waals surface area contributed by atoms with Crippen LogP contribution in [0, 0.1) is 137 Å². The third kappa shape index (κ3) is 4.32. The predicted octanol–water partition coefficient (Wildman–Crippen LogP) is 6.23. The normalized spacial score (nSPS) is 12.0. The minimum absolute atomic E-state index is 0.475. The maximum Gasteiger partial charge on any atom is 0.141 e. The van der Waals surface area contributed by atoms with Crippen molar-refractivity contribution in [3.63, 3.8) is 0 Å². The van der Waals surface area contributed by atoms with Crippen LogP contribution in [-0.4, -0.2) is 0 Å². The zero-order valence-electron chi connectivity index (χ0n) is 24.3. The molecule has 0 N–H and O–H groups in total. The van der Waals surface area contributed by atoms with E-state index in [0.717, 1.165) is 0 Å². The summed E-state index contributed by atoms with van der Waals surface area (Å²) in [5.74, 6) is -5.19. The summed E-state index contributed by atoms with van der Waals surface area (Å²) in [6, 6.07) is 17.9. The van der Waals surface area contributed by atoms with Crippen LogP contribution in [0.15, 0.2) is 35.4 Å². The molecule has 5 rings (SSSR count). The second-order valence-corrected chi connectivity index (χ2v) is 9.99. The fourth-order valence-electron chi connectivity index (χ4n) is 5.91. The van der Waals surface area contributed by atoms with E-state index in [4.69, 9.17) is 0 Å². The summed E-state index contributed by atoms with van der Waals surface area (Å²) >= 11 is 0. The molecule has 0 aliphatic heterocycles. The Hall–Kier alpha value is -8.76. The van der Waals surface area contributed by atoms with E-state index in [1.54, 1.807) is 48.6 Å². The quantitative estimate of drug-likeness (QED) is 0.223. The van der Waals surface area contributed by atoms with Crippen LogP contribution >= 0.6 is 0 Å². The molecule has 14 heteroatoms. The van der Waals surface area contributed by atoms with Crippen molar-refractivity contribution in [3.05, 3.63) is 114 Å². The van der Waals surface area contributed by atoms with Crippen LogP contribution in [0.4, 0.5) is 17.6 Å². The highest BCUT2D eigenvalue weighted by atomic mass is 19.1. The van der Waals surface area contributed by atoms with Crippen molar-refractivity contribution >= 4 is 33.4 Å². The largest absolute Gasteiger partial charge is 0.206 e. The van der Waals surface area contributed by atoms with Crippen LogP contribution < -0.4 is 0 Å². The Labute approximate surface area is 278 Å². The van der Waals surface area contributed by atoms with Gasteiger partial charge in [0, 0.05) is 55.7 Å². The van der Waals surface area contributed by atoms with Gasteiger partial charge in [0.2, 0.25) is 0 Å². The number of benzene rings is 3. The molecule has 50 heavy (non-hydrogen) atoms. The lowest BCUT2D eigenvalue weighted by molar-refractivity contribution is 0.594. The molecule has 0 radical (unpaired) electrons. The molecule has 0 aromatic heterocycles. The molecule has 2 aliphatic carbocycles. The van der Waals surface area contributed by atoms with E-state index >= 15 is 8.78 Å². The van der Waals surface area contributed by atoms with Crippen LogP contribution in [0.2, 0.25) is 0 Å². The van der Waals surface area contributed by atoms with Gasteiger partial charge in [0.25, 0.3) is 0 Å². The number of hydrogen-bond donors (Lipinski definition) is 0. The van der Waals surface area contributed by atoms with Crippen molar-refractivity contribution in [1.29, 1.82) is 52.6 Å². The maximum atomic E-state index is 15.6. The molecule has 0 heterocycles. The minimum atomic E-state index is -1.31. The molecule has 2 aliphatic rings. The molecule has 0 atom stereocenters. The van der Waals surface area contributed by atoms with Crippen molar-refractivity contribution in [3.8, 4) is 60.7 Å². The van der Waals surface area contributed by atoms with E-state index in [-0.39, 0.29) is 0 Å². The van der Waals surface area contributed by atoms with E-state index < -0.39 is 123 Å². The lowest BCUT2D eigenvalue weighted by Gasteiger charge is -2.16. The number of allylic oxidation sites excluding steroid dienone is 8. The molecule has 0 saturated carbocycles. The van der Waals surface area contributed by atoms with E-state index in [2.05, 4.69) is 0 Å². The number of rotatable bonds is 2. The molecular weight excluding hydrogens is 648 g/mol. The van der Waals surface area contributed by atoms with Gasteiger partial charge in [0.05, 0.1) is 33.4 Å².